The number of ether oxygens (including phenoxy) is 3. The summed E-state index contributed by atoms with van der Waals surface area (Å²) in [6.07, 6.45) is 48.0. The molecule has 0 rings (SSSR count). The Hall–Kier alpha value is -1.59. The Morgan fingerprint density at radius 1 is 0.286 bits per heavy atom. The van der Waals surface area contributed by atoms with Crippen LogP contribution in [0.25, 0.3) is 0 Å². The highest BCUT2D eigenvalue weighted by Crippen LogP contribution is 2.16. The van der Waals surface area contributed by atoms with Crippen LogP contribution in [0.1, 0.15) is 284 Å². The minimum atomic E-state index is -0.758. The summed E-state index contributed by atoms with van der Waals surface area (Å²) >= 11 is 0. The zero-order valence-electron chi connectivity index (χ0n) is 37.9. The molecule has 0 spiro atoms. The van der Waals surface area contributed by atoms with Crippen LogP contribution in [0.15, 0.2) is 0 Å². The number of carbonyl (C=O) groups is 3. The molecule has 0 radical (unpaired) electrons. The summed E-state index contributed by atoms with van der Waals surface area (Å²) < 4.78 is 16.8. The van der Waals surface area contributed by atoms with E-state index in [2.05, 4.69) is 20.8 Å². The van der Waals surface area contributed by atoms with Gasteiger partial charge in [0.15, 0.2) is 6.10 Å². The summed E-state index contributed by atoms with van der Waals surface area (Å²) in [5.41, 5.74) is 0. The van der Waals surface area contributed by atoms with Gasteiger partial charge in [-0.3, -0.25) is 14.4 Å². The Kier molecular flexibility index (Phi) is 44.8. The molecule has 0 N–H and O–H groups in total. The van der Waals surface area contributed by atoms with E-state index < -0.39 is 6.10 Å². The summed E-state index contributed by atoms with van der Waals surface area (Å²) in [6.45, 7) is 6.66. The second-order valence-electron chi connectivity index (χ2n) is 17.1. The lowest BCUT2D eigenvalue weighted by atomic mass is 10.0. The van der Waals surface area contributed by atoms with Crippen molar-refractivity contribution >= 4 is 17.9 Å². The van der Waals surface area contributed by atoms with E-state index >= 15 is 0 Å². The molecule has 6 heteroatoms. The fourth-order valence-corrected chi connectivity index (χ4v) is 7.56. The molecule has 0 fully saturated rings. The summed E-state index contributed by atoms with van der Waals surface area (Å²) in [4.78, 5) is 37.8. The fraction of sp³-hybridized carbons (Fsp3) is 0.940. The van der Waals surface area contributed by atoms with Crippen LogP contribution >= 0.6 is 0 Å². The van der Waals surface area contributed by atoms with Gasteiger partial charge in [0, 0.05) is 19.3 Å². The largest absolute Gasteiger partial charge is 0.462 e. The Morgan fingerprint density at radius 2 is 0.482 bits per heavy atom. The number of hydrogen-bond donors (Lipinski definition) is 0. The number of unbranched alkanes of at least 4 members (excludes halogenated alkanes) is 35. The normalized spacial score (nSPS) is 11.8. The number of rotatable bonds is 46. The first-order valence-corrected chi connectivity index (χ1v) is 25.0. The van der Waals surface area contributed by atoms with Crippen molar-refractivity contribution in [1.82, 2.24) is 0 Å². The Bertz CT molecular complexity index is 828. The molecule has 56 heavy (non-hydrogen) atoms. The Morgan fingerprint density at radius 3 is 0.714 bits per heavy atom. The van der Waals surface area contributed by atoms with Gasteiger partial charge in [-0.2, -0.15) is 0 Å². The SMILES string of the molecule is CCCCCCCCCCCCCCCCCC(=O)O[C@H](COC(=O)CCCCCCCCCCC)COC(=O)CCCCCCCCCCCCCCCC. The zero-order chi connectivity index (χ0) is 40.8. The van der Waals surface area contributed by atoms with Crippen LogP contribution in [0.4, 0.5) is 0 Å². The number of carbonyl (C=O) groups excluding carboxylic acids is 3. The lowest BCUT2D eigenvalue weighted by Crippen LogP contribution is -2.30. The first kappa shape index (κ1) is 54.4. The highest BCUT2D eigenvalue weighted by atomic mass is 16.6. The fourth-order valence-electron chi connectivity index (χ4n) is 7.56. The smallest absolute Gasteiger partial charge is 0.306 e. The zero-order valence-corrected chi connectivity index (χ0v) is 37.9. The average Bonchev–Trinajstić information content (AvgIpc) is 3.19. The third-order valence-corrected chi connectivity index (χ3v) is 11.4. The standard InChI is InChI=1S/C50H96O6/c1-4-7-10-13-16-19-21-23-25-27-29-32-35-38-41-44-50(53)56-47(45-54-48(51)42-39-36-33-30-18-15-12-9-6-3)46-55-49(52)43-40-37-34-31-28-26-24-22-20-17-14-11-8-5-2/h47H,4-46H2,1-3H3/t47-/m1/s1. The molecule has 0 aliphatic heterocycles. The predicted octanol–water partition coefficient (Wildman–Crippen LogP) is 16.0. The summed E-state index contributed by atoms with van der Waals surface area (Å²) in [5.74, 6) is -0.846. The molecule has 0 aromatic carbocycles. The highest BCUT2D eigenvalue weighted by molar-refractivity contribution is 5.71. The molecular weight excluding hydrogens is 697 g/mol. The van der Waals surface area contributed by atoms with E-state index in [4.69, 9.17) is 14.2 Å². The van der Waals surface area contributed by atoms with E-state index in [9.17, 15) is 14.4 Å². The van der Waals surface area contributed by atoms with E-state index in [1.165, 1.54) is 186 Å². The van der Waals surface area contributed by atoms with Crippen molar-refractivity contribution in [2.75, 3.05) is 13.2 Å². The van der Waals surface area contributed by atoms with Gasteiger partial charge in [-0.15, -0.1) is 0 Å². The minimum absolute atomic E-state index is 0.0622. The Labute approximate surface area is 348 Å². The minimum Gasteiger partial charge on any atom is -0.462 e. The molecule has 0 unspecified atom stereocenters. The molecule has 0 heterocycles. The van der Waals surface area contributed by atoms with Crippen molar-refractivity contribution in [3.05, 3.63) is 0 Å². The molecule has 0 aliphatic rings. The van der Waals surface area contributed by atoms with E-state index in [0.717, 1.165) is 57.8 Å². The first-order valence-electron chi connectivity index (χ1n) is 25.0. The predicted molar refractivity (Wildman–Crippen MR) is 238 cm³/mol. The second-order valence-corrected chi connectivity index (χ2v) is 17.1. The molecule has 0 bridgehead atoms. The van der Waals surface area contributed by atoms with Crippen LogP contribution in [0.2, 0.25) is 0 Å². The van der Waals surface area contributed by atoms with Gasteiger partial charge in [0.05, 0.1) is 0 Å². The van der Waals surface area contributed by atoms with E-state index in [-0.39, 0.29) is 31.1 Å². The van der Waals surface area contributed by atoms with Crippen molar-refractivity contribution in [2.45, 2.75) is 290 Å². The molecule has 0 saturated carbocycles. The second kappa shape index (κ2) is 46.1. The molecule has 0 saturated heterocycles. The van der Waals surface area contributed by atoms with Gasteiger partial charge in [-0.05, 0) is 19.3 Å². The van der Waals surface area contributed by atoms with Crippen molar-refractivity contribution in [1.29, 1.82) is 0 Å². The molecule has 0 aromatic heterocycles. The monoisotopic (exact) mass is 793 g/mol. The van der Waals surface area contributed by atoms with Crippen LogP contribution in [0.3, 0.4) is 0 Å². The van der Waals surface area contributed by atoms with Crippen LogP contribution < -0.4 is 0 Å². The molecule has 0 aliphatic carbocycles. The van der Waals surface area contributed by atoms with E-state index in [0.29, 0.717) is 19.3 Å². The number of hydrogen-bond acceptors (Lipinski definition) is 6. The van der Waals surface area contributed by atoms with Gasteiger partial charge < -0.3 is 14.2 Å². The number of esters is 3. The lowest BCUT2D eigenvalue weighted by molar-refractivity contribution is -0.167. The van der Waals surface area contributed by atoms with Gasteiger partial charge in [0.25, 0.3) is 0 Å². The maximum absolute atomic E-state index is 12.7. The molecule has 0 aromatic rings. The highest BCUT2D eigenvalue weighted by Gasteiger charge is 2.19. The van der Waals surface area contributed by atoms with Gasteiger partial charge in [0.1, 0.15) is 13.2 Å². The molecule has 6 nitrogen and oxygen atoms in total. The van der Waals surface area contributed by atoms with Gasteiger partial charge in [-0.1, -0.05) is 245 Å². The topological polar surface area (TPSA) is 78.9 Å². The quantitative estimate of drug-likeness (QED) is 0.0347. The molecule has 0 amide bonds. The van der Waals surface area contributed by atoms with Crippen molar-refractivity contribution < 1.29 is 28.6 Å². The molecule has 332 valence electrons. The maximum atomic E-state index is 12.7. The lowest BCUT2D eigenvalue weighted by Gasteiger charge is -2.18. The third kappa shape index (κ3) is 43.5. The van der Waals surface area contributed by atoms with Gasteiger partial charge in [0.2, 0.25) is 0 Å². The van der Waals surface area contributed by atoms with E-state index in [1.807, 2.05) is 0 Å². The maximum Gasteiger partial charge on any atom is 0.306 e. The van der Waals surface area contributed by atoms with Crippen LogP contribution in [-0.2, 0) is 28.6 Å². The average molecular weight is 793 g/mol. The van der Waals surface area contributed by atoms with Crippen LogP contribution in [0, 0.1) is 0 Å². The summed E-state index contributed by atoms with van der Waals surface area (Å²) in [5, 5.41) is 0. The summed E-state index contributed by atoms with van der Waals surface area (Å²) in [6, 6.07) is 0. The van der Waals surface area contributed by atoms with Crippen LogP contribution in [-0.4, -0.2) is 37.2 Å². The molecule has 1 atom stereocenters. The van der Waals surface area contributed by atoms with Crippen molar-refractivity contribution in [3.8, 4) is 0 Å². The molecular formula is C50H96O6. The van der Waals surface area contributed by atoms with Crippen molar-refractivity contribution in [3.63, 3.8) is 0 Å². The first-order chi connectivity index (χ1) is 27.5. The van der Waals surface area contributed by atoms with E-state index in [1.54, 1.807) is 0 Å². The third-order valence-electron chi connectivity index (χ3n) is 11.4. The Balaban J connectivity index is 4.27. The van der Waals surface area contributed by atoms with Crippen LogP contribution in [0.5, 0.6) is 0 Å². The van der Waals surface area contributed by atoms with Crippen molar-refractivity contribution in [2.24, 2.45) is 0 Å². The summed E-state index contributed by atoms with van der Waals surface area (Å²) in [7, 11) is 0. The van der Waals surface area contributed by atoms with Gasteiger partial charge in [-0.25, -0.2) is 0 Å². The van der Waals surface area contributed by atoms with Gasteiger partial charge >= 0.3 is 17.9 Å².